The summed E-state index contributed by atoms with van der Waals surface area (Å²) in [5, 5.41) is 0. The van der Waals surface area contributed by atoms with Gasteiger partial charge in [-0.05, 0) is 48.4 Å². The molecule has 20 heavy (non-hydrogen) atoms. The summed E-state index contributed by atoms with van der Waals surface area (Å²) in [6.07, 6.45) is 3.63. The van der Waals surface area contributed by atoms with Crippen molar-refractivity contribution in [3.8, 4) is 0 Å². The number of fused-ring (bicyclic) bond motifs is 1. The van der Waals surface area contributed by atoms with E-state index in [1.165, 1.54) is 18.9 Å². The molecule has 1 saturated heterocycles. The molecular formula is C14H18BrFN4. The first kappa shape index (κ1) is 13.8. The van der Waals surface area contributed by atoms with Crippen LogP contribution in [0.2, 0.25) is 0 Å². The molecule has 3 rings (SSSR count). The van der Waals surface area contributed by atoms with Gasteiger partial charge in [0.2, 0.25) is 5.95 Å². The van der Waals surface area contributed by atoms with Crippen LogP contribution in [0.4, 0.5) is 10.3 Å². The zero-order chi connectivity index (χ0) is 14.3. The van der Waals surface area contributed by atoms with E-state index in [-0.39, 0.29) is 5.82 Å². The molecule has 0 radical (unpaired) electrons. The number of halogens is 2. The summed E-state index contributed by atoms with van der Waals surface area (Å²) >= 11 is 3.18. The number of benzene rings is 1. The molecule has 1 fully saturated rings. The lowest BCUT2D eigenvalue weighted by Gasteiger charge is -2.32. The lowest BCUT2D eigenvalue weighted by atomic mass is 10.0. The number of likely N-dealkylation sites (N-methyl/N-ethyl adjacent to an activating group) is 1. The molecule has 2 N–H and O–H groups in total. The van der Waals surface area contributed by atoms with Gasteiger partial charge in [0.1, 0.15) is 5.82 Å². The van der Waals surface area contributed by atoms with E-state index < -0.39 is 0 Å². The summed E-state index contributed by atoms with van der Waals surface area (Å²) in [4.78, 5) is 6.68. The molecule has 108 valence electrons. The molecule has 2 heterocycles. The SMILES string of the molecule is CN1CCCCC1Cn1c(N)nc2cc(Br)c(F)cc21. The average Bonchev–Trinajstić information content (AvgIpc) is 2.69. The van der Waals surface area contributed by atoms with E-state index in [2.05, 4.69) is 32.9 Å². The van der Waals surface area contributed by atoms with E-state index in [1.54, 1.807) is 6.07 Å². The highest BCUT2D eigenvalue weighted by Gasteiger charge is 2.21. The zero-order valence-corrected chi connectivity index (χ0v) is 13.0. The molecule has 1 aromatic heterocycles. The minimum Gasteiger partial charge on any atom is -0.369 e. The molecule has 0 saturated carbocycles. The number of aromatic nitrogens is 2. The van der Waals surface area contributed by atoms with Gasteiger partial charge in [-0.15, -0.1) is 0 Å². The van der Waals surface area contributed by atoms with Crippen molar-refractivity contribution in [2.75, 3.05) is 19.3 Å². The van der Waals surface area contributed by atoms with E-state index in [4.69, 9.17) is 5.73 Å². The highest BCUT2D eigenvalue weighted by atomic mass is 79.9. The molecule has 0 amide bonds. The Kier molecular flexibility index (Phi) is 3.69. The van der Waals surface area contributed by atoms with E-state index in [0.29, 0.717) is 16.5 Å². The van der Waals surface area contributed by atoms with E-state index in [0.717, 1.165) is 30.5 Å². The lowest BCUT2D eigenvalue weighted by molar-refractivity contribution is 0.169. The number of hydrogen-bond acceptors (Lipinski definition) is 3. The van der Waals surface area contributed by atoms with Crippen molar-refractivity contribution >= 4 is 32.9 Å². The number of nitrogens with zero attached hydrogens (tertiary/aromatic N) is 3. The third-order valence-corrected chi connectivity index (χ3v) is 4.74. The van der Waals surface area contributed by atoms with Gasteiger partial charge in [-0.25, -0.2) is 9.37 Å². The Labute approximate surface area is 125 Å². The maximum absolute atomic E-state index is 13.8. The van der Waals surface area contributed by atoms with Crippen LogP contribution in [0.25, 0.3) is 11.0 Å². The molecule has 4 nitrogen and oxygen atoms in total. The summed E-state index contributed by atoms with van der Waals surface area (Å²) < 4.78 is 16.1. The molecule has 0 bridgehead atoms. The predicted molar refractivity (Wildman–Crippen MR) is 82.1 cm³/mol. The number of anilines is 1. The van der Waals surface area contributed by atoms with Crippen LogP contribution in [0, 0.1) is 5.82 Å². The number of nitrogens with two attached hydrogens (primary N) is 1. The predicted octanol–water partition coefficient (Wildman–Crippen LogP) is 3.00. The first-order chi connectivity index (χ1) is 9.56. The van der Waals surface area contributed by atoms with Gasteiger partial charge in [0.05, 0.1) is 15.5 Å². The molecule has 1 unspecified atom stereocenters. The molecule has 6 heteroatoms. The fourth-order valence-corrected chi connectivity index (χ4v) is 3.25. The van der Waals surface area contributed by atoms with Crippen LogP contribution in [-0.4, -0.2) is 34.1 Å². The highest BCUT2D eigenvalue weighted by molar-refractivity contribution is 9.10. The van der Waals surface area contributed by atoms with E-state index in [9.17, 15) is 4.39 Å². The Morgan fingerprint density at radius 3 is 3.00 bits per heavy atom. The van der Waals surface area contributed by atoms with Gasteiger partial charge >= 0.3 is 0 Å². The maximum atomic E-state index is 13.8. The van der Waals surface area contributed by atoms with Crippen LogP contribution in [0.15, 0.2) is 16.6 Å². The Bertz CT molecular complexity index is 640. The molecular weight excluding hydrogens is 323 g/mol. The molecule has 1 atom stereocenters. The number of likely N-dealkylation sites (tertiary alicyclic amines) is 1. The van der Waals surface area contributed by atoms with Crippen LogP contribution in [0.1, 0.15) is 19.3 Å². The standard InChI is InChI=1S/C14H18BrFN4/c1-19-5-3-2-4-9(19)8-20-13-7-11(16)10(15)6-12(13)18-14(20)17/h6-7,9H,2-5,8H2,1H3,(H2,17,18). The van der Waals surface area contributed by atoms with Crippen molar-refractivity contribution < 1.29 is 4.39 Å². The maximum Gasteiger partial charge on any atom is 0.201 e. The number of rotatable bonds is 2. The summed E-state index contributed by atoms with van der Waals surface area (Å²) in [6, 6.07) is 3.63. The van der Waals surface area contributed by atoms with Gasteiger partial charge in [0, 0.05) is 18.7 Å². The fourth-order valence-electron chi connectivity index (χ4n) is 2.92. The van der Waals surface area contributed by atoms with Crippen molar-refractivity contribution in [1.29, 1.82) is 0 Å². The second-order valence-electron chi connectivity index (χ2n) is 5.47. The first-order valence-electron chi connectivity index (χ1n) is 6.87. The van der Waals surface area contributed by atoms with Crippen LogP contribution in [0.5, 0.6) is 0 Å². The fraction of sp³-hybridized carbons (Fsp3) is 0.500. The van der Waals surface area contributed by atoms with Crippen LogP contribution in [-0.2, 0) is 6.54 Å². The summed E-state index contributed by atoms with van der Waals surface area (Å²) in [7, 11) is 2.14. The van der Waals surface area contributed by atoms with Crippen molar-refractivity contribution in [1.82, 2.24) is 14.5 Å². The Hall–Kier alpha value is -1.14. The largest absolute Gasteiger partial charge is 0.369 e. The second kappa shape index (κ2) is 5.33. The van der Waals surface area contributed by atoms with Crippen LogP contribution in [0.3, 0.4) is 0 Å². The normalized spacial score (nSPS) is 20.6. The minimum atomic E-state index is -0.282. The zero-order valence-electron chi connectivity index (χ0n) is 11.4. The van der Waals surface area contributed by atoms with E-state index in [1.807, 2.05) is 4.57 Å². The third-order valence-electron chi connectivity index (χ3n) is 4.13. The molecule has 0 aliphatic carbocycles. The highest BCUT2D eigenvalue weighted by Crippen LogP contribution is 2.26. The van der Waals surface area contributed by atoms with Gasteiger partial charge in [0.25, 0.3) is 0 Å². The number of imidazole rings is 1. The topological polar surface area (TPSA) is 47.1 Å². The summed E-state index contributed by atoms with van der Waals surface area (Å²) in [5.41, 5.74) is 7.51. The smallest absolute Gasteiger partial charge is 0.201 e. The summed E-state index contributed by atoms with van der Waals surface area (Å²) in [6.45, 7) is 1.87. The van der Waals surface area contributed by atoms with E-state index >= 15 is 0 Å². The van der Waals surface area contributed by atoms with Crippen LogP contribution < -0.4 is 5.73 Å². The van der Waals surface area contributed by atoms with Gasteiger partial charge in [-0.1, -0.05) is 6.42 Å². The Balaban J connectivity index is 1.98. The molecule has 0 spiro atoms. The number of piperidine rings is 1. The third kappa shape index (κ3) is 2.42. The number of hydrogen-bond donors (Lipinski definition) is 1. The quantitative estimate of drug-likeness (QED) is 0.914. The monoisotopic (exact) mass is 340 g/mol. The van der Waals surface area contributed by atoms with Crippen molar-refractivity contribution in [3.63, 3.8) is 0 Å². The van der Waals surface area contributed by atoms with Gasteiger partial charge in [0.15, 0.2) is 0 Å². The Morgan fingerprint density at radius 1 is 1.45 bits per heavy atom. The molecule has 1 aromatic carbocycles. The number of nitrogen functional groups attached to an aromatic ring is 1. The average molecular weight is 341 g/mol. The summed E-state index contributed by atoms with van der Waals surface area (Å²) in [5.74, 6) is 0.173. The molecule has 1 aliphatic rings. The van der Waals surface area contributed by atoms with Gasteiger partial charge < -0.3 is 15.2 Å². The van der Waals surface area contributed by atoms with Crippen molar-refractivity contribution in [3.05, 3.63) is 22.4 Å². The van der Waals surface area contributed by atoms with Crippen LogP contribution >= 0.6 is 15.9 Å². The molecule has 1 aliphatic heterocycles. The van der Waals surface area contributed by atoms with Gasteiger partial charge in [-0.2, -0.15) is 0 Å². The Morgan fingerprint density at radius 2 is 2.25 bits per heavy atom. The second-order valence-corrected chi connectivity index (χ2v) is 6.32. The first-order valence-corrected chi connectivity index (χ1v) is 7.66. The van der Waals surface area contributed by atoms with Gasteiger partial charge in [-0.3, -0.25) is 0 Å². The lowest BCUT2D eigenvalue weighted by Crippen LogP contribution is -2.39. The molecule has 2 aromatic rings. The van der Waals surface area contributed by atoms with Crippen molar-refractivity contribution in [2.45, 2.75) is 31.8 Å². The minimum absolute atomic E-state index is 0.282. The van der Waals surface area contributed by atoms with Crippen molar-refractivity contribution in [2.24, 2.45) is 0 Å².